The quantitative estimate of drug-likeness (QED) is 0.386. The Labute approximate surface area is 199 Å². The third-order valence-corrected chi connectivity index (χ3v) is 5.96. The van der Waals surface area contributed by atoms with E-state index in [2.05, 4.69) is 0 Å². The molecule has 2 aromatic rings. The monoisotopic (exact) mass is 492 g/mol. The van der Waals surface area contributed by atoms with Crippen LogP contribution in [0.4, 0.5) is 0 Å². The molecule has 2 aromatic carbocycles. The van der Waals surface area contributed by atoms with Gasteiger partial charge in [-0.3, -0.25) is 4.18 Å². The minimum absolute atomic E-state index is 0.230. The first kappa shape index (κ1) is 24.8. The SMILES string of the molecule is CC1(C)OC2OC(C(COC(=O)c3ccccc3)OS(C)(=O)=O)C(OCc3ccccc3)C2O1. The van der Waals surface area contributed by atoms with Crippen LogP contribution in [0, 0.1) is 0 Å². The van der Waals surface area contributed by atoms with Gasteiger partial charge in [-0.15, -0.1) is 0 Å². The lowest BCUT2D eigenvalue weighted by molar-refractivity contribution is -0.230. The molecule has 2 saturated heterocycles. The first-order chi connectivity index (χ1) is 16.1. The summed E-state index contributed by atoms with van der Waals surface area (Å²) in [6, 6.07) is 17.9. The number of carbonyl (C=O) groups excluding carboxylic acids is 1. The molecule has 2 aliphatic rings. The Morgan fingerprint density at radius 3 is 2.32 bits per heavy atom. The zero-order valence-corrected chi connectivity index (χ0v) is 20.0. The van der Waals surface area contributed by atoms with Crippen LogP contribution in [0.15, 0.2) is 60.7 Å². The van der Waals surface area contributed by atoms with E-state index in [4.69, 9.17) is 27.9 Å². The molecule has 0 amide bonds. The Balaban J connectivity index is 1.53. The summed E-state index contributed by atoms with van der Waals surface area (Å²) in [5, 5.41) is 0. The zero-order valence-electron chi connectivity index (χ0n) is 19.2. The molecule has 184 valence electrons. The maximum Gasteiger partial charge on any atom is 0.338 e. The topological polar surface area (TPSA) is 107 Å². The number of hydrogen-bond acceptors (Lipinski definition) is 9. The minimum atomic E-state index is -3.92. The summed E-state index contributed by atoms with van der Waals surface area (Å²) in [5.74, 6) is -1.52. The van der Waals surface area contributed by atoms with E-state index >= 15 is 0 Å². The fraction of sp³-hybridized carbons (Fsp3) is 0.458. The number of fused-ring (bicyclic) bond motifs is 1. The van der Waals surface area contributed by atoms with Crippen molar-refractivity contribution in [3.63, 3.8) is 0 Å². The van der Waals surface area contributed by atoms with Gasteiger partial charge in [0, 0.05) is 0 Å². The fourth-order valence-corrected chi connectivity index (χ4v) is 4.59. The average Bonchev–Trinajstić information content (AvgIpc) is 3.27. The van der Waals surface area contributed by atoms with Crippen LogP contribution in [0.25, 0.3) is 0 Å². The second kappa shape index (κ2) is 10.1. The van der Waals surface area contributed by atoms with Gasteiger partial charge in [-0.05, 0) is 31.5 Å². The van der Waals surface area contributed by atoms with E-state index in [1.54, 1.807) is 44.2 Å². The van der Waals surface area contributed by atoms with Crippen LogP contribution in [0.5, 0.6) is 0 Å². The van der Waals surface area contributed by atoms with E-state index in [0.717, 1.165) is 11.8 Å². The van der Waals surface area contributed by atoms with Crippen LogP contribution in [0.3, 0.4) is 0 Å². The van der Waals surface area contributed by atoms with E-state index in [1.165, 1.54) is 0 Å². The second-order valence-electron chi connectivity index (χ2n) is 8.63. The fourth-order valence-electron chi connectivity index (χ4n) is 3.98. The van der Waals surface area contributed by atoms with Crippen molar-refractivity contribution in [1.29, 1.82) is 0 Å². The largest absolute Gasteiger partial charge is 0.459 e. The summed E-state index contributed by atoms with van der Waals surface area (Å²) in [7, 11) is -3.92. The van der Waals surface area contributed by atoms with Crippen LogP contribution in [0.1, 0.15) is 29.8 Å². The van der Waals surface area contributed by atoms with Gasteiger partial charge in [-0.25, -0.2) is 4.79 Å². The van der Waals surface area contributed by atoms with Crippen molar-refractivity contribution in [3.8, 4) is 0 Å². The summed E-state index contributed by atoms with van der Waals surface area (Å²) in [6.07, 6.45) is -3.35. The van der Waals surface area contributed by atoms with E-state index in [1.807, 2.05) is 30.3 Å². The van der Waals surface area contributed by atoms with Crippen molar-refractivity contribution >= 4 is 16.1 Å². The molecule has 0 aliphatic carbocycles. The van der Waals surface area contributed by atoms with Gasteiger partial charge >= 0.3 is 5.97 Å². The smallest absolute Gasteiger partial charge is 0.338 e. The summed E-state index contributed by atoms with van der Waals surface area (Å²) >= 11 is 0. The summed E-state index contributed by atoms with van der Waals surface area (Å²) < 4.78 is 58.7. The predicted molar refractivity (Wildman–Crippen MR) is 120 cm³/mol. The van der Waals surface area contributed by atoms with Gasteiger partial charge in [-0.2, -0.15) is 8.42 Å². The molecule has 4 rings (SSSR count). The van der Waals surface area contributed by atoms with Gasteiger partial charge in [0.15, 0.2) is 12.1 Å². The molecule has 0 radical (unpaired) electrons. The maximum absolute atomic E-state index is 12.5. The second-order valence-corrected chi connectivity index (χ2v) is 10.2. The number of hydrogen-bond donors (Lipinski definition) is 0. The van der Waals surface area contributed by atoms with Gasteiger partial charge in [0.05, 0.1) is 18.4 Å². The summed E-state index contributed by atoms with van der Waals surface area (Å²) in [4.78, 5) is 12.5. The van der Waals surface area contributed by atoms with E-state index < -0.39 is 52.6 Å². The molecule has 0 N–H and O–H groups in total. The Morgan fingerprint density at radius 2 is 1.68 bits per heavy atom. The molecule has 34 heavy (non-hydrogen) atoms. The van der Waals surface area contributed by atoms with Crippen molar-refractivity contribution in [2.24, 2.45) is 0 Å². The molecule has 10 heteroatoms. The van der Waals surface area contributed by atoms with E-state index in [9.17, 15) is 13.2 Å². The maximum atomic E-state index is 12.5. The third-order valence-electron chi connectivity index (χ3n) is 5.37. The minimum Gasteiger partial charge on any atom is -0.459 e. The van der Waals surface area contributed by atoms with Crippen LogP contribution in [0.2, 0.25) is 0 Å². The predicted octanol–water partition coefficient (Wildman–Crippen LogP) is 2.65. The Hall–Kier alpha value is -2.34. The van der Waals surface area contributed by atoms with Crippen molar-refractivity contribution in [3.05, 3.63) is 71.8 Å². The number of rotatable bonds is 9. The van der Waals surface area contributed by atoms with Crippen LogP contribution < -0.4 is 0 Å². The van der Waals surface area contributed by atoms with Gasteiger partial charge in [0.25, 0.3) is 10.1 Å². The molecule has 0 saturated carbocycles. The number of benzene rings is 2. The van der Waals surface area contributed by atoms with E-state index in [0.29, 0.717) is 5.56 Å². The number of esters is 1. The number of ether oxygens (including phenoxy) is 5. The normalized spacial score (nSPS) is 26.7. The molecular weight excluding hydrogens is 464 g/mol. The standard InChI is InChI=1S/C24H28O9S/c1-24(2)31-21-20(28-14-16-10-6-4-7-11-16)19(30-23(21)32-24)18(33-34(3,26)27)15-29-22(25)17-12-8-5-9-13-17/h4-13,18-21,23H,14-15H2,1-3H3. The molecule has 2 heterocycles. The molecule has 0 aromatic heterocycles. The Bertz CT molecular complexity index is 1070. The number of carbonyl (C=O) groups is 1. The Kier molecular flexibility index (Phi) is 7.36. The molecule has 0 bridgehead atoms. The lowest BCUT2D eigenvalue weighted by Gasteiger charge is -2.30. The first-order valence-corrected chi connectivity index (χ1v) is 12.7. The lowest BCUT2D eigenvalue weighted by atomic mass is 10.1. The lowest BCUT2D eigenvalue weighted by Crippen LogP contribution is -2.46. The highest BCUT2D eigenvalue weighted by Crippen LogP contribution is 2.40. The van der Waals surface area contributed by atoms with Crippen molar-refractivity contribution in [1.82, 2.24) is 0 Å². The Morgan fingerprint density at radius 1 is 1.03 bits per heavy atom. The summed E-state index contributed by atoms with van der Waals surface area (Å²) in [6.45, 7) is 3.36. The van der Waals surface area contributed by atoms with Gasteiger partial charge < -0.3 is 23.7 Å². The van der Waals surface area contributed by atoms with Gasteiger partial charge in [0.1, 0.15) is 31.0 Å². The molecule has 2 aliphatic heterocycles. The van der Waals surface area contributed by atoms with Crippen LogP contribution in [-0.4, -0.2) is 63.7 Å². The highest BCUT2D eigenvalue weighted by molar-refractivity contribution is 7.86. The first-order valence-electron chi connectivity index (χ1n) is 10.9. The van der Waals surface area contributed by atoms with E-state index in [-0.39, 0.29) is 13.2 Å². The zero-order chi connectivity index (χ0) is 24.3. The molecule has 2 fully saturated rings. The average molecular weight is 493 g/mol. The molecule has 9 nitrogen and oxygen atoms in total. The van der Waals surface area contributed by atoms with Crippen molar-refractivity contribution < 1.29 is 41.1 Å². The summed E-state index contributed by atoms with van der Waals surface area (Å²) in [5.41, 5.74) is 1.24. The molecule has 5 unspecified atom stereocenters. The van der Waals surface area contributed by atoms with Crippen molar-refractivity contribution in [2.75, 3.05) is 12.9 Å². The van der Waals surface area contributed by atoms with Gasteiger partial charge in [0.2, 0.25) is 0 Å². The van der Waals surface area contributed by atoms with Crippen LogP contribution >= 0.6 is 0 Å². The molecule has 5 atom stereocenters. The van der Waals surface area contributed by atoms with Crippen molar-refractivity contribution in [2.45, 2.75) is 56.9 Å². The highest BCUT2D eigenvalue weighted by Gasteiger charge is 2.58. The van der Waals surface area contributed by atoms with Crippen LogP contribution in [-0.2, 0) is 44.6 Å². The molecular formula is C24H28O9S. The molecule has 0 spiro atoms. The third kappa shape index (κ3) is 6.21. The van der Waals surface area contributed by atoms with Gasteiger partial charge in [-0.1, -0.05) is 48.5 Å². The highest BCUT2D eigenvalue weighted by atomic mass is 32.2.